The Morgan fingerprint density at radius 2 is 1.76 bits per heavy atom. The summed E-state index contributed by atoms with van der Waals surface area (Å²) in [5.41, 5.74) is -0.192. The molecule has 0 saturated carbocycles. The average Bonchev–Trinajstić information content (AvgIpc) is 2.43. The fourth-order valence-corrected chi connectivity index (χ4v) is 3.35. The van der Waals surface area contributed by atoms with Crippen molar-refractivity contribution in [1.82, 2.24) is 14.5 Å². The minimum absolute atomic E-state index is 0.0154. The zero-order chi connectivity index (χ0) is 15.6. The molecule has 6 heteroatoms. The number of piperidine rings is 1. The van der Waals surface area contributed by atoms with Crippen molar-refractivity contribution in [1.29, 1.82) is 0 Å². The van der Waals surface area contributed by atoms with Crippen LogP contribution in [0.25, 0.3) is 0 Å². The van der Waals surface area contributed by atoms with Crippen LogP contribution < -0.4 is 11.2 Å². The highest BCUT2D eigenvalue weighted by Crippen LogP contribution is 2.17. The standard InChI is InChI=1S/C15H24ClN3O2/c1-10(2)12-13(16)17-15(21)19(14(12)20)9-11(3)18-7-5-4-6-8-18/h10-11H,4-9H2,1-3H3,(H,17,21). The molecule has 1 N–H and O–H groups in total. The summed E-state index contributed by atoms with van der Waals surface area (Å²) in [6.45, 7) is 8.36. The molecular weight excluding hydrogens is 290 g/mol. The van der Waals surface area contributed by atoms with E-state index in [-0.39, 0.29) is 22.7 Å². The Bertz CT molecular complexity index is 600. The summed E-state index contributed by atoms with van der Waals surface area (Å²) in [5, 5.41) is 0.168. The first kappa shape index (κ1) is 16.3. The van der Waals surface area contributed by atoms with Crippen LogP contribution in [0.1, 0.15) is 51.5 Å². The molecule has 118 valence electrons. The molecule has 1 aliphatic heterocycles. The number of halogens is 1. The second-order valence-electron chi connectivity index (χ2n) is 6.17. The highest BCUT2D eigenvalue weighted by Gasteiger charge is 2.21. The summed E-state index contributed by atoms with van der Waals surface area (Å²) in [6, 6.07) is 0.172. The Labute approximate surface area is 129 Å². The van der Waals surface area contributed by atoms with Crippen LogP contribution in [0.4, 0.5) is 0 Å². The molecule has 5 nitrogen and oxygen atoms in total. The zero-order valence-corrected chi connectivity index (χ0v) is 13.7. The minimum atomic E-state index is -0.418. The fourth-order valence-electron chi connectivity index (χ4n) is 2.97. The lowest BCUT2D eigenvalue weighted by Gasteiger charge is -2.32. The van der Waals surface area contributed by atoms with Gasteiger partial charge < -0.3 is 0 Å². The first-order chi connectivity index (χ1) is 9.91. The summed E-state index contributed by atoms with van der Waals surface area (Å²) in [5.74, 6) is -0.0154. The Kier molecular flexibility index (Phi) is 5.27. The van der Waals surface area contributed by atoms with Gasteiger partial charge in [-0.05, 0) is 38.8 Å². The van der Waals surface area contributed by atoms with E-state index in [1.807, 2.05) is 13.8 Å². The van der Waals surface area contributed by atoms with Crippen LogP contribution in [-0.2, 0) is 6.54 Å². The summed E-state index contributed by atoms with van der Waals surface area (Å²) in [6.07, 6.45) is 3.64. The largest absolute Gasteiger partial charge is 0.329 e. The maximum atomic E-state index is 12.5. The summed E-state index contributed by atoms with van der Waals surface area (Å²) >= 11 is 6.01. The van der Waals surface area contributed by atoms with Gasteiger partial charge in [-0.25, -0.2) is 4.79 Å². The van der Waals surface area contributed by atoms with Crippen LogP contribution in [0.5, 0.6) is 0 Å². The number of aromatic amines is 1. The Morgan fingerprint density at radius 1 is 1.14 bits per heavy atom. The molecule has 21 heavy (non-hydrogen) atoms. The van der Waals surface area contributed by atoms with Crippen molar-refractivity contribution in [3.05, 3.63) is 31.6 Å². The lowest BCUT2D eigenvalue weighted by molar-refractivity contribution is 0.157. The van der Waals surface area contributed by atoms with Crippen LogP contribution in [0, 0.1) is 0 Å². The number of H-pyrrole nitrogens is 1. The number of rotatable bonds is 4. The summed E-state index contributed by atoms with van der Waals surface area (Å²) < 4.78 is 1.29. The van der Waals surface area contributed by atoms with Gasteiger partial charge in [-0.3, -0.25) is 19.2 Å². The normalized spacial score (nSPS) is 18.1. The lowest BCUT2D eigenvalue weighted by atomic mass is 10.1. The van der Waals surface area contributed by atoms with E-state index < -0.39 is 5.69 Å². The second-order valence-corrected chi connectivity index (χ2v) is 6.55. The smallest absolute Gasteiger partial charge is 0.299 e. The van der Waals surface area contributed by atoms with Crippen molar-refractivity contribution < 1.29 is 0 Å². The summed E-state index contributed by atoms with van der Waals surface area (Å²) in [4.78, 5) is 29.5. The van der Waals surface area contributed by atoms with E-state index in [2.05, 4.69) is 16.8 Å². The minimum Gasteiger partial charge on any atom is -0.299 e. The number of nitrogens with zero attached hydrogens (tertiary/aromatic N) is 2. The maximum Gasteiger partial charge on any atom is 0.329 e. The van der Waals surface area contributed by atoms with E-state index >= 15 is 0 Å². The Hall–Kier alpha value is -1.07. The number of hydrogen-bond donors (Lipinski definition) is 1. The third-order valence-corrected chi connectivity index (χ3v) is 4.51. The molecular formula is C15H24ClN3O2. The van der Waals surface area contributed by atoms with E-state index in [4.69, 9.17) is 11.6 Å². The van der Waals surface area contributed by atoms with E-state index in [0.717, 1.165) is 13.1 Å². The molecule has 0 amide bonds. The van der Waals surface area contributed by atoms with Gasteiger partial charge in [0.1, 0.15) is 5.15 Å². The van der Waals surface area contributed by atoms with Crippen LogP contribution in [0.2, 0.25) is 5.15 Å². The van der Waals surface area contributed by atoms with Crippen LogP contribution in [-0.4, -0.2) is 33.6 Å². The predicted octanol–water partition coefficient (Wildman–Crippen LogP) is 2.19. The van der Waals surface area contributed by atoms with E-state index in [1.54, 1.807) is 0 Å². The van der Waals surface area contributed by atoms with Gasteiger partial charge in [0.05, 0.1) is 5.56 Å². The average molecular weight is 314 g/mol. The first-order valence-electron chi connectivity index (χ1n) is 7.68. The topological polar surface area (TPSA) is 58.1 Å². The Balaban J connectivity index is 2.29. The number of aromatic nitrogens is 2. The van der Waals surface area contributed by atoms with Gasteiger partial charge in [0.25, 0.3) is 5.56 Å². The fraction of sp³-hybridized carbons (Fsp3) is 0.733. The third-order valence-electron chi connectivity index (χ3n) is 4.21. The van der Waals surface area contributed by atoms with Gasteiger partial charge in [-0.1, -0.05) is 31.9 Å². The van der Waals surface area contributed by atoms with Gasteiger partial charge in [-0.15, -0.1) is 0 Å². The molecule has 0 bridgehead atoms. The number of hydrogen-bond acceptors (Lipinski definition) is 3. The van der Waals surface area contributed by atoms with Crippen molar-refractivity contribution in [3.63, 3.8) is 0 Å². The molecule has 1 saturated heterocycles. The van der Waals surface area contributed by atoms with E-state index in [1.165, 1.54) is 23.8 Å². The van der Waals surface area contributed by atoms with E-state index in [9.17, 15) is 9.59 Å². The highest BCUT2D eigenvalue weighted by molar-refractivity contribution is 6.30. The summed E-state index contributed by atoms with van der Waals surface area (Å²) in [7, 11) is 0. The molecule has 1 unspecified atom stereocenters. The zero-order valence-electron chi connectivity index (χ0n) is 13.0. The van der Waals surface area contributed by atoms with Crippen LogP contribution in [0.3, 0.4) is 0 Å². The molecule has 2 heterocycles. The van der Waals surface area contributed by atoms with Gasteiger partial charge in [-0.2, -0.15) is 0 Å². The van der Waals surface area contributed by atoms with Crippen molar-refractivity contribution >= 4 is 11.6 Å². The molecule has 1 aliphatic rings. The molecule has 1 aromatic heterocycles. The molecule has 1 aromatic rings. The van der Waals surface area contributed by atoms with Crippen LogP contribution >= 0.6 is 11.6 Å². The predicted molar refractivity (Wildman–Crippen MR) is 85.3 cm³/mol. The highest BCUT2D eigenvalue weighted by atomic mass is 35.5. The molecule has 1 fully saturated rings. The molecule has 0 radical (unpaired) electrons. The Morgan fingerprint density at radius 3 is 2.33 bits per heavy atom. The van der Waals surface area contributed by atoms with Crippen molar-refractivity contribution in [2.45, 2.75) is 58.5 Å². The maximum absolute atomic E-state index is 12.5. The van der Waals surface area contributed by atoms with Crippen molar-refractivity contribution in [2.24, 2.45) is 0 Å². The second kappa shape index (κ2) is 6.79. The number of likely N-dealkylation sites (tertiary alicyclic amines) is 1. The number of nitrogens with one attached hydrogen (secondary N) is 1. The molecule has 0 spiro atoms. The van der Waals surface area contributed by atoms with Gasteiger partial charge >= 0.3 is 5.69 Å². The van der Waals surface area contributed by atoms with Gasteiger partial charge in [0, 0.05) is 12.6 Å². The lowest BCUT2D eigenvalue weighted by Crippen LogP contribution is -2.46. The quantitative estimate of drug-likeness (QED) is 0.867. The van der Waals surface area contributed by atoms with Crippen LogP contribution in [0.15, 0.2) is 9.59 Å². The van der Waals surface area contributed by atoms with Crippen molar-refractivity contribution in [3.8, 4) is 0 Å². The SMILES string of the molecule is CC(C)c1c(Cl)[nH]c(=O)n(CC(C)N2CCCCC2)c1=O. The van der Waals surface area contributed by atoms with E-state index in [0.29, 0.717) is 12.1 Å². The third kappa shape index (κ3) is 3.58. The molecule has 0 aliphatic carbocycles. The molecule has 2 rings (SSSR count). The van der Waals surface area contributed by atoms with Crippen molar-refractivity contribution in [2.75, 3.05) is 13.1 Å². The molecule has 1 atom stereocenters. The van der Waals surface area contributed by atoms with Gasteiger partial charge in [0.2, 0.25) is 0 Å². The first-order valence-corrected chi connectivity index (χ1v) is 8.06. The monoisotopic (exact) mass is 313 g/mol. The van der Waals surface area contributed by atoms with Gasteiger partial charge in [0.15, 0.2) is 0 Å². The molecule has 0 aromatic carbocycles.